The van der Waals surface area contributed by atoms with Crippen LogP contribution in [0.4, 0.5) is 0 Å². The molecule has 3 amide bonds. The van der Waals surface area contributed by atoms with Gasteiger partial charge < -0.3 is 21.3 Å². The van der Waals surface area contributed by atoms with Crippen LogP contribution in [-0.4, -0.2) is 54.8 Å². The molecule has 2 rings (SSSR count). The highest BCUT2D eigenvalue weighted by Crippen LogP contribution is 2.15. The van der Waals surface area contributed by atoms with Gasteiger partial charge in [0.15, 0.2) is 0 Å². The normalized spacial score (nSPS) is 18.7. The highest BCUT2D eigenvalue weighted by molar-refractivity contribution is 5.97. The number of amides is 3. The molecule has 0 radical (unpaired) electrons. The Morgan fingerprint density at radius 2 is 2.00 bits per heavy atom. The largest absolute Gasteiger partial charge is 0.369 e. The van der Waals surface area contributed by atoms with E-state index in [9.17, 15) is 14.4 Å². The van der Waals surface area contributed by atoms with Crippen LogP contribution in [0.2, 0.25) is 0 Å². The number of hydrogen-bond acceptors (Lipinski definition) is 4. The molecule has 1 aliphatic rings. The first-order valence-electron chi connectivity index (χ1n) is 9.12. The molecule has 1 heterocycles. The molecule has 0 spiro atoms. The number of carbonyl (C=O) groups excluding carboxylic acids is 3. The fourth-order valence-electron chi connectivity index (χ4n) is 3.09. The van der Waals surface area contributed by atoms with Crippen molar-refractivity contribution in [2.24, 2.45) is 11.7 Å². The van der Waals surface area contributed by atoms with Crippen LogP contribution in [0.25, 0.3) is 0 Å². The lowest BCUT2D eigenvalue weighted by Gasteiger charge is -2.31. The summed E-state index contributed by atoms with van der Waals surface area (Å²) in [7, 11) is 0. The Labute approximate surface area is 154 Å². The van der Waals surface area contributed by atoms with Crippen LogP contribution in [0.3, 0.4) is 0 Å². The lowest BCUT2D eigenvalue weighted by Crippen LogP contribution is -2.46. The van der Waals surface area contributed by atoms with Gasteiger partial charge in [-0.15, -0.1) is 0 Å². The van der Waals surface area contributed by atoms with Gasteiger partial charge in [-0.1, -0.05) is 18.2 Å². The molecule has 142 valence electrons. The van der Waals surface area contributed by atoms with Gasteiger partial charge in [-0.3, -0.25) is 14.4 Å². The maximum Gasteiger partial charge on any atom is 0.251 e. The minimum atomic E-state index is -0.600. The number of hydrogen-bond donors (Lipinski definition) is 3. The van der Waals surface area contributed by atoms with E-state index in [-0.39, 0.29) is 23.6 Å². The number of nitrogens with two attached hydrogens (primary N) is 1. The van der Waals surface area contributed by atoms with Crippen LogP contribution < -0.4 is 16.4 Å². The Bertz CT molecular complexity index is 620. The lowest BCUT2D eigenvalue weighted by molar-refractivity contribution is -0.123. The van der Waals surface area contributed by atoms with Gasteiger partial charge in [0.2, 0.25) is 11.8 Å². The van der Waals surface area contributed by atoms with Crippen LogP contribution >= 0.6 is 0 Å². The summed E-state index contributed by atoms with van der Waals surface area (Å²) in [6, 6.07) is 8.21. The van der Waals surface area contributed by atoms with E-state index >= 15 is 0 Å². The van der Waals surface area contributed by atoms with Crippen molar-refractivity contribution < 1.29 is 14.4 Å². The average Bonchev–Trinajstić information content (AvgIpc) is 2.65. The van der Waals surface area contributed by atoms with Crippen molar-refractivity contribution in [1.29, 1.82) is 0 Å². The summed E-state index contributed by atoms with van der Waals surface area (Å²) in [5, 5.41) is 5.53. The molecule has 0 aliphatic carbocycles. The molecule has 2 atom stereocenters. The fourth-order valence-corrected chi connectivity index (χ4v) is 3.09. The number of piperidine rings is 1. The van der Waals surface area contributed by atoms with E-state index in [1.54, 1.807) is 31.2 Å². The molecule has 1 aromatic carbocycles. The quantitative estimate of drug-likeness (QED) is 0.588. The predicted molar refractivity (Wildman–Crippen MR) is 99.4 cm³/mol. The van der Waals surface area contributed by atoms with E-state index in [0.29, 0.717) is 18.7 Å². The van der Waals surface area contributed by atoms with E-state index in [1.807, 2.05) is 6.07 Å². The minimum Gasteiger partial charge on any atom is -0.369 e. The number of primary amides is 1. The Morgan fingerprint density at radius 1 is 1.27 bits per heavy atom. The van der Waals surface area contributed by atoms with Gasteiger partial charge in [-0.2, -0.15) is 0 Å². The summed E-state index contributed by atoms with van der Waals surface area (Å²) in [5.74, 6) is -0.764. The molecule has 0 saturated carbocycles. The van der Waals surface area contributed by atoms with Gasteiger partial charge in [0.1, 0.15) is 6.04 Å². The molecule has 0 bridgehead atoms. The maximum atomic E-state index is 12.1. The maximum absolute atomic E-state index is 12.1. The molecule has 7 heteroatoms. The lowest BCUT2D eigenvalue weighted by atomic mass is 9.97. The third-order valence-corrected chi connectivity index (χ3v) is 4.64. The second kappa shape index (κ2) is 9.91. The number of nitrogens with zero attached hydrogens (tertiary/aromatic N) is 1. The van der Waals surface area contributed by atoms with Crippen LogP contribution in [0.1, 0.15) is 36.5 Å². The summed E-state index contributed by atoms with van der Waals surface area (Å²) in [6.07, 6.45) is 2.63. The third kappa shape index (κ3) is 6.15. The number of nitrogens with one attached hydrogen (secondary N) is 2. The zero-order chi connectivity index (χ0) is 18.9. The smallest absolute Gasteiger partial charge is 0.251 e. The van der Waals surface area contributed by atoms with Gasteiger partial charge in [0, 0.05) is 18.7 Å². The van der Waals surface area contributed by atoms with E-state index in [0.717, 1.165) is 32.4 Å². The van der Waals surface area contributed by atoms with E-state index in [4.69, 9.17) is 5.73 Å². The van der Waals surface area contributed by atoms with Crippen LogP contribution in [0.15, 0.2) is 30.3 Å². The van der Waals surface area contributed by atoms with Gasteiger partial charge in [0.25, 0.3) is 5.91 Å². The van der Waals surface area contributed by atoms with Crippen LogP contribution in [0.5, 0.6) is 0 Å². The molecule has 1 fully saturated rings. The van der Waals surface area contributed by atoms with Crippen molar-refractivity contribution in [3.05, 3.63) is 35.9 Å². The molecule has 26 heavy (non-hydrogen) atoms. The minimum absolute atomic E-state index is 0.0634. The number of carbonyl (C=O) groups is 3. The molecule has 0 aromatic heterocycles. The molecular formula is C19H28N4O3. The first-order valence-corrected chi connectivity index (χ1v) is 9.12. The monoisotopic (exact) mass is 360 g/mol. The standard InChI is InChI=1S/C19H28N4O3/c1-14(22-19(26)15-7-3-2-4-8-15)18(25)21-10-6-12-23-11-5-9-16(13-23)17(20)24/h2-4,7-8,14,16H,5-6,9-13H2,1H3,(H2,20,24)(H,21,25)(H,22,26). The first-order chi connectivity index (χ1) is 12.5. The van der Waals surface area contributed by atoms with Crippen LogP contribution in [-0.2, 0) is 9.59 Å². The van der Waals surface area contributed by atoms with Crippen molar-refractivity contribution in [1.82, 2.24) is 15.5 Å². The Morgan fingerprint density at radius 3 is 2.69 bits per heavy atom. The SMILES string of the molecule is CC(NC(=O)c1ccccc1)C(=O)NCCCN1CCCC(C(N)=O)C1. The van der Waals surface area contributed by atoms with E-state index < -0.39 is 6.04 Å². The summed E-state index contributed by atoms with van der Waals surface area (Å²) in [5.41, 5.74) is 5.91. The Kier molecular flexibility index (Phi) is 7.59. The van der Waals surface area contributed by atoms with E-state index in [2.05, 4.69) is 15.5 Å². The Balaban J connectivity index is 1.65. The second-order valence-electron chi connectivity index (χ2n) is 6.75. The summed E-state index contributed by atoms with van der Waals surface area (Å²) in [4.78, 5) is 37.7. The van der Waals surface area contributed by atoms with E-state index in [1.165, 1.54) is 0 Å². The van der Waals surface area contributed by atoms with Crippen molar-refractivity contribution >= 4 is 17.7 Å². The van der Waals surface area contributed by atoms with Crippen molar-refractivity contribution in [2.45, 2.75) is 32.2 Å². The zero-order valence-electron chi connectivity index (χ0n) is 15.2. The highest BCUT2D eigenvalue weighted by Gasteiger charge is 2.23. The summed E-state index contributed by atoms with van der Waals surface area (Å²) < 4.78 is 0. The predicted octanol–water partition coefficient (Wildman–Crippen LogP) is 0.509. The number of likely N-dealkylation sites (tertiary alicyclic amines) is 1. The molecular weight excluding hydrogens is 332 g/mol. The molecule has 2 unspecified atom stereocenters. The number of rotatable bonds is 8. The summed E-state index contributed by atoms with van der Waals surface area (Å²) >= 11 is 0. The summed E-state index contributed by atoms with van der Waals surface area (Å²) in [6.45, 7) is 4.67. The topological polar surface area (TPSA) is 105 Å². The molecule has 1 saturated heterocycles. The molecule has 1 aromatic rings. The Hall–Kier alpha value is -2.41. The van der Waals surface area contributed by atoms with Gasteiger partial charge >= 0.3 is 0 Å². The van der Waals surface area contributed by atoms with Gasteiger partial charge in [-0.05, 0) is 51.4 Å². The fraction of sp³-hybridized carbons (Fsp3) is 0.526. The first kappa shape index (κ1) is 19.9. The molecule has 1 aliphatic heterocycles. The molecule has 7 nitrogen and oxygen atoms in total. The zero-order valence-corrected chi connectivity index (χ0v) is 15.2. The molecule has 4 N–H and O–H groups in total. The number of benzene rings is 1. The van der Waals surface area contributed by atoms with Gasteiger partial charge in [-0.25, -0.2) is 0 Å². The third-order valence-electron chi connectivity index (χ3n) is 4.64. The highest BCUT2D eigenvalue weighted by atomic mass is 16.2. The van der Waals surface area contributed by atoms with Crippen LogP contribution in [0, 0.1) is 5.92 Å². The van der Waals surface area contributed by atoms with Gasteiger partial charge in [0.05, 0.1) is 5.92 Å². The van der Waals surface area contributed by atoms with Crippen molar-refractivity contribution in [3.8, 4) is 0 Å². The van der Waals surface area contributed by atoms with Crippen molar-refractivity contribution in [3.63, 3.8) is 0 Å². The second-order valence-corrected chi connectivity index (χ2v) is 6.75. The van der Waals surface area contributed by atoms with Crippen molar-refractivity contribution in [2.75, 3.05) is 26.2 Å². The average molecular weight is 360 g/mol.